The van der Waals surface area contributed by atoms with Crippen molar-refractivity contribution in [2.45, 2.75) is 42.9 Å². The van der Waals surface area contributed by atoms with E-state index in [-0.39, 0.29) is 29.2 Å². The normalized spacial score (nSPS) is 35.6. The number of fused-ring (bicyclic) bond motifs is 2. The van der Waals surface area contributed by atoms with Crippen molar-refractivity contribution in [3.05, 3.63) is 75.4 Å². The number of nitro groups is 1. The third kappa shape index (κ3) is 2.56. The van der Waals surface area contributed by atoms with Gasteiger partial charge in [0.25, 0.3) is 5.69 Å². The van der Waals surface area contributed by atoms with Crippen molar-refractivity contribution in [2.24, 2.45) is 16.8 Å². The van der Waals surface area contributed by atoms with E-state index in [2.05, 4.69) is 28.0 Å². The molecule has 1 spiro atoms. The maximum Gasteiger partial charge on any atom is 0.269 e. The highest BCUT2D eigenvalue weighted by atomic mass is 16.6. The Morgan fingerprint density at radius 2 is 2.06 bits per heavy atom. The molecule has 0 unspecified atom stereocenters. The molecule has 6 atom stereocenters. The maximum atomic E-state index is 13.6. The second-order valence-corrected chi connectivity index (χ2v) is 11.1. The summed E-state index contributed by atoms with van der Waals surface area (Å²) in [4.78, 5) is 33.6. The third-order valence-electron chi connectivity index (χ3n) is 9.76. The van der Waals surface area contributed by atoms with Gasteiger partial charge in [0.15, 0.2) is 0 Å². The largest absolute Gasteiger partial charge is 0.373 e. The van der Waals surface area contributed by atoms with E-state index < -0.39 is 4.92 Å². The SMILES string of the molecule is O=C1C[C@@H]2OCC=C3CN4CC[C@]56c7cc(N=Cc8ccc([N+](=O)[O-])cc8)ccc7N1[C@@H]5[C@H]2[C@H]3C[C@@H]46. The molecule has 1 saturated carbocycles. The highest BCUT2D eigenvalue weighted by Gasteiger charge is 2.71. The summed E-state index contributed by atoms with van der Waals surface area (Å²) in [6.07, 6.45) is 6.70. The zero-order valence-electron chi connectivity index (χ0n) is 19.7. The van der Waals surface area contributed by atoms with Crippen LogP contribution in [-0.2, 0) is 14.9 Å². The van der Waals surface area contributed by atoms with Gasteiger partial charge in [-0.1, -0.05) is 11.6 Å². The van der Waals surface area contributed by atoms with Gasteiger partial charge in [0, 0.05) is 48.0 Å². The molecule has 0 aromatic heterocycles. The summed E-state index contributed by atoms with van der Waals surface area (Å²) in [6, 6.07) is 13.3. The van der Waals surface area contributed by atoms with E-state index in [1.54, 1.807) is 18.3 Å². The van der Waals surface area contributed by atoms with Gasteiger partial charge < -0.3 is 9.64 Å². The number of benzene rings is 2. The molecule has 6 aliphatic rings. The number of nitro benzene ring substituents is 1. The Morgan fingerprint density at radius 3 is 2.89 bits per heavy atom. The Bertz CT molecular complexity index is 1380. The summed E-state index contributed by atoms with van der Waals surface area (Å²) in [5.41, 5.74) is 5.49. The van der Waals surface area contributed by atoms with Crippen LogP contribution in [0, 0.1) is 22.0 Å². The first kappa shape index (κ1) is 20.8. The quantitative estimate of drug-likeness (QED) is 0.288. The number of non-ortho nitro benzene ring substituents is 1. The number of carbonyl (C=O) groups excluding carboxylic acids is 1. The van der Waals surface area contributed by atoms with Crippen molar-refractivity contribution in [1.29, 1.82) is 0 Å². The van der Waals surface area contributed by atoms with Gasteiger partial charge in [-0.3, -0.25) is 24.8 Å². The monoisotopic (exact) mass is 482 g/mol. The highest BCUT2D eigenvalue weighted by molar-refractivity contribution is 5.99. The van der Waals surface area contributed by atoms with Crippen LogP contribution in [0.1, 0.15) is 30.4 Å². The Balaban J connectivity index is 1.23. The molecule has 2 aromatic carbocycles. The lowest BCUT2D eigenvalue weighted by Crippen LogP contribution is -2.69. The smallest absolute Gasteiger partial charge is 0.269 e. The lowest BCUT2D eigenvalue weighted by molar-refractivity contribution is -0.384. The van der Waals surface area contributed by atoms with Gasteiger partial charge in [0.1, 0.15) is 0 Å². The molecule has 3 saturated heterocycles. The average molecular weight is 483 g/mol. The fourth-order valence-corrected chi connectivity index (χ4v) is 8.45. The number of anilines is 1. The van der Waals surface area contributed by atoms with Gasteiger partial charge in [0.2, 0.25) is 5.91 Å². The molecule has 0 N–H and O–H groups in total. The summed E-state index contributed by atoms with van der Waals surface area (Å²) in [5.74, 6) is 1.02. The van der Waals surface area contributed by atoms with E-state index in [1.807, 2.05) is 6.07 Å². The van der Waals surface area contributed by atoms with Gasteiger partial charge in [-0.05, 0) is 66.8 Å². The minimum absolute atomic E-state index is 0.00332. The number of piperidine rings is 2. The number of hydrogen-bond acceptors (Lipinski definition) is 6. The average Bonchev–Trinajstić information content (AvgIpc) is 3.35. The van der Waals surface area contributed by atoms with Gasteiger partial charge in [-0.2, -0.15) is 0 Å². The number of ether oxygens (including phenoxy) is 1. The lowest BCUT2D eigenvalue weighted by atomic mass is 9.53. The van der Waals surface area contributed by atoms with Crippen LogP contribution in [0.4, 0.5) is 17.1 Å². The fourth-order valence-electron chi connectivity index (χ4n) is 8.45. The molecular weight excluding hydrogens is 456 g/mol. The molecule has 36 heavy (non-hydrogen) atoms. The Labute approximate surface area is 208 Å². The zero-order chi connectivity index (χ0) is 24.2. The van der Waals surface area contributed by atoms with E-state index in [9.17, 15) is 14.9 Å². The van der Waals surface area contributed by atoms with Crippen molar-refractivity contribution >= 4 is 29.2 Å². The molecule has 1 aliphatic carbocycles. The van der Waals surface area contributed by atoms with Crippen LogP contribution in [0.25, 0.3) is 0 Å². The first-order valence-corrected chi connectivity index (χ1v) is 12.8. The van der Waals surface area contributed by atoms with Crippen LogP contribution in [0.5, 0.6) is 0 Å². The molecule has 2 bridgehead atoms. The predicted molar refractivity (Wildman–Crippen MR) is 134 cm³/mol. The standard InChI is InChI=1S/C28H26N4O4/c33-25-13-23-26-20-12-24-28(8-9-30(24)15-17(20)7-10-36-23)21-11-18(3-6-22(21)31(25)27(26)28)29-14-16-1-4-19(5-2-16)32(34)35/h1-7,11,14,20,23-24,26-27H,8-10,12-13,15H2/t20-,23-,24+,26-,27+,28+/m0/s1. The van der Waals surface area contributed by atoms with Crippen molar-refractivity contribution in [3.63, 3.8) is 0 Å². The number of rotatable bonds is 3. The van der Waals surface area contributed by atoms with Crippen LogP contribution < -0.4 is 4.90 Å². The number of nitrogens with zero attached hydrogens (tertiary/aromatic N) is 4. The lowest BCUT2D eigenvalue weighted by Gasteiger charge is -2.58. The highest BCUT2D eigenvalue weighted by Crippen LogP contribution is 2.66. The Morgan fingerprint density at radius 1 is 1.19 bits per heavy atom. The number of aliphatic imine (C=N–C) groups is 1. The third-order valence-corrected chi connectivity index (χ3v) is 9.76. The van der Waals surface area contributed by atoms with Crippen LogP contribution in [0.15, 0.2) is 59.1 Å². The van der Waals surface area contributed by atoms with E-state index >= 15 is 0 Å². The molecule has 5 heterocycles. The molecule has 2 aromatic rings. The van der Waals surface area contributed by atoms with Crippen LogP contribution in [0.2, 0.25) is 0 Å². The first-order chi connectivity index (χ1) is 17.5. The summed E-state index contributed by atoms with van der Waals surface area (Å²) >= 11 is 0. The summed E-state index contributed by atoms with van der Waals surface area (Å²) in [6.45, 7) is 2.70. The minimum Gasteiger partial charge on any atom is -0.373 e. The summed E-state index contributed by atoms with van der Waals surface area (Å²) < 4.78 is 6.32. The van der Waals surface area contributed by atoms with E-state index in [1.165, 1.54) is 23.3 Å². The molecule has 4 fully saturated rings. The molecule has 8 nitrogen and oxygen atoms in total. The Kier molecular flexibility index (Phi) is 4.11. The Hall–Kier alpha value is -3.36. The van der Waals surface area contributed by atoms with Crippen molar-refractivity contribution < 1.29 is 14.5 Å². The molecular formula is C28H26N4O4. The summed E-state index contributed by atoms with van der Waals surface area (Å²) in [5, 5.41) is 10.9. The van der Waals surface area contributed by atoms with Crippen molar-refractivity contribution in [2.75, 3.05) is 24.6 Å². The van der Waals surface area contributed by atoms with Crippen LogP contribution in [0.3, 0.4) is 0 Å². The summed E-state index contributed by atoms with van der Waals surface area (Å²) in [7, 11) is 0. The second kappa shape index (κ2) is 7.11. The van der Waals surface area contributed by atoms with Crippen LogP contribution >= 0.6 is 0 Å². The molecule has 1 amide bonds. The number of hydrogen-bond donors (Lipinski definition) is 0. The predicted octanol–water partition coefficient (Wildman–Crippen LogP) is 3.75. The van der Waals surface area contributed by atoms with E-state index in [0.29, 0.717) is 30.9 Å². The topological polar surface area (TPSA) is 88.3 Å². The van der Waals surface area contributed by atoms with Crippen molar-refractivity contribution in [1.82, 2.24) is 4.90 Å². The molecule has 8 heteroatoms. The van der Waals surface area contributed by atoms with Gasteiger partial charge in [-0.25, -0.2) is 0 Å². The van der Waals surface area contributed by atoms with Gasteiger partial charge >= 0.3 is 0 Å². The van der Waals surface area contributed by atoms with Gasteiger partial charge in [-0.15, -0.1) is 0 Å². The van der Waals surface area contributed by atoms with E-state index in [0.717, 1.165) is 42.9 Å². The maximum absolute atomic E-state index is 13.6. The van der Waals surface area contributed by atoms with E-state index in [4.69, 9.17) is 9.73 Å². The molecule has 8 rings (SSSR count). The number of carbonyl (C=O) groups is 1. The second-order valence-electron chi connectivity index (χ2n) is 11.1. The first-order valence-electron chi connectivity index (χ1n) is 12.8. The minimum atomic E-state index is -0.399. The fraction of sp³-hybridized carbons (Fsp3) is 0.429. The molecule has 0 radical (unpaired) electrons. The number of amides is 1. The zero-order valence-corrected chi connectivity index (χ0v) is 19.7. The molecule has 182 valence electrons. The van der Waals surface area contributed by atoms with Crippen molar-refractivity contribution in [3.8, 4) is 0 Å². The van der Waals surface area contributed by atoms with Crippen LogP contribution in [-0.4, -0.2) is 59.8 Å². The molecule has 5 aliphatic heterocycles. The van der Waals surface area contributed by atoms with Gasteiger partial charge in [0.05, 0.1) is 35.8 Å².